The van der Waals surface area contributed by atoms with Crippen LogP contribution in [0.4, 0.5) is 10.1 Å². The third kappa shape index (κ3) is 3.20. The van der Waals surface area contributed by atoms with Crippen LogP contribution in [0.3, 0.4) is 0 Å². The molecule has 76 valence electrons. The standard InChI is InChI=1S/C10H10Cl2FN/c1-7-2-3-9(13)10(4-7)14-6-8(12)5-11/h2-5,14H,6H2,1H3. The number of benzene rings is 1. The van der Waals surface area contributed by atoms with Gasteiger partial charge in [-0.05, 0) is 24.6 Å². The fraction of sp³-hybridized carbons (Fsp3) is 0.200. The molecule has 0 fully saturated rings. The lowest BCUT2D eigenvalue weighted by atomic mass is 10.2. The topological polar surface area (TPSA) is 12.0 Å². The highest BCUT2D eigenvalue weighted by molar-refractivity contribution is 6.36. The summed E-state index contributed by atoms with van der Waals surface area (Å²) in [4.78, 5) is 0. The predicted octanol–water partition coefficient (Wildman–Crippen LogP) is 3.87. The van der Waals surface area contributed by atoms with Crippen molar-refractivity contribution < 1.29 is 4.39 Å². The van der Waals surface area contributed by atoms with Gasteiger partial charge in [-0.3, -0.25) is 0 Å². The van der Waals surface area contributed by atoms with Gasteiger partial charge in [0.2, 0.25) is 0 Å². The first-order valence-corrected chi connectivity index (χ1v) is 4.89. The molecule has 0 saturated heterocycles. The van der Waals surface area contributed by atoms with Gasteiger partial charge in [0.1, 0.15) is 5.82 Å². The van der Waals surface area contributed by atoms with Crippen molar-refractivity contribution in [3.8, 4) is 0 Å². The molecule has 0 aliphatic heterocycles. The van der Waals surface area contributed by atoms with Gasteiger partial charge in [0.05, 0.1) is 12.2 Å². The van der Waals surface area contributed by atoms with Crippen molar-refractivity contribution in [3.63, 3.8) is 0 Å². The third-order valence-corrected chi connectivity index (χ3v) is 2.31. The summed E-state index contributed by atoms with van der Waals surface area (Å²) in [6, 6.07) is 4.84. The van der Waals surface area contributed by atoms with Crippen molar-refractivity contribution in [1.82, 2.24) is 0 Å². The molecule has 0 aromatic heterocycles. The van der Waals surface area contributed by atoms with E-state index in [2.05, 4.69) is 5.32 Å². The minimum absolute atomic E-state index is 0.297. The summed E-state index contributed by atoms with van der Waals surface area (Å²) in [5.41, 5.74) is 2.67. The Morgan fingerprint density at radius 3 is 2.93 bits per heavy atom. The van der Waals surface area contributed by atoms with Crippen LogP contribution >= 0.6 is 23.2 Å². The molecule has 4 heteroatoms. The zero-order chi connectivity index (χ0) is 10.6. The lowest BCUT2D eigenvalue weighted by Gasteiger charge is -2.07. The molecule has 1 aromatic rings. The van der Waals surface area contributed by atoms with Gasteiger partial charge in [-0.2, -0.15) is 0 Å². The first-order valence-electron chi connectivity index (χ1n) is 4.08. The molecule has 0 bridgehead atoms. The van der Waals surface area contributed by atoms with Crippen molar-refractivity contribution in [2.45, 2.75) is 6.92 Å². The largest absolute Gasteiger partial charge is 0.378 e. The van der Waals surface area contributed by atoms with E-state index in [1.807, 2.05) is 6.92 Å². The van der Waals surface area contributed by atoms with Crippen molar-refractivity contribution in [1.29, 1.82) is 0 Å². The summed E-state index contributed by atoms with van der Waals surface area (Å²) in [6.45, 7) is 2.22. The van der Waals surface area contributed by atoms with Crippen LogP contribution in [0, 0.1) is 12.7 Å². The Labute approximate surface area is 92.5 Å². The van der Waals surface area contributed by atoms with Crippen LogP contribution in [0.15, 0.2) is 28.8 Å². The van der Waals surface area contributed by atoms with E-state index in [9.17, 15) is 4.39 Å². The van der Waals surface area contributed by atoms with E-state index in [0.29, 0.717) is 17.3 Å². The van der Waals surface area contributed by atoms with Crippen LogP contribution < -0.4 is 5.32 Å². The average molecular weight is 234 g/mol. The second-order valence-corrected chi connectivity index (χ2v) is 3.60. The Balaban J connectivity index is 2.71. The van der Waals surface area contributed by atoms with Gasteiger partial charge in [0, 0.05) is 10.6 Å². The fourth-order valence-corrected chi connectivity index (χ4v) is 1.14. The van der Waals surface area contributed by atoms with E-state index < -0.39 is 0 Å². The number of hydrogen-bond donors (Lipinski definition) is 1. The highest BCUT2D eigenvalue weighted by Gasteiger charge is 2.01. The molecule has 0 aliphatic rings. The van der Waals surface area contributed by atoms with Gasteiger partial charge < -0.3 is 5.32 Å². The van der Waals surface area contributed by atoms with Crippen molar-refractivity contribution >= 4 is 28.9 Å². The summed E-state index contributed by atoms with van der Waals surface area (Å²) in [7, 11) is 0. The molecular formula is C10H10Cl2FN. The second-order valence-electron chi connectivity index (χ2n) is 2.89. The van der Waals surface area contributed by atoms with Crippen LogP contribution in [-0.2, 0) is 0 Å². The summed E-state index contributed by atoms with van der Waals surface area (Å²) in [5, 5.41) is 3.28. The molecule has 0 heterocycles. The predicted molar refractivity (Wildman–Crippen MR) is 59.4 cm³/mol. The second kappa shape index (κ2) is 5.23. The van der Waals surface area contributed by atoms with Crippen molar-refractivity contribution in [2.75, 3.05) is 11.9 Å². The molecule has 1 aromatic carbocycles. The van der Waals surface area contributed by atoms with E-state index in [0.717, 1.165) is 5.56 Å². The first-order chi connectivity index (χ1) is 6.63. The number of hydrogen-bond acceptors (Lipinski definition) is 1. The van der Waals surface area contributed by atoms with Crippen LogP contribution in [0.1, 0.15) is 5.56 Å². The Morgan fingerprint density at radius 2 is 2.29 bits per heavy atom. The molecule has 0 spiro atoms. The van der Waals surface area contributed by atoms with E-state index in [4.69, 9.17) is 23.2 Å². The van der Waals surface area contributed by atoms with Crippen LogP contribution in [0.25, 0.3) is 0 Å². The highest BCUT2D eigenvalue weighted by atomic mass is 35.5. The van der Waals surface area contributed by atoms with Gasteiger partial charge in [0.15, 0.2) is 0 Å². The van der Waals surface area contributed by atoms with E-state index in [1.165, 1.54) is 11.6 Å². The lowest BCUT2D eigenvalue weighted by molar-refractivity contribution is 0.630. The molecular weight excluding hydrogens is 224 g/mol. The fourth-order valence-electron chi connectivity index (χ4n) is 0.993. The summed E-state index contributed by atoms with van der Waals surface area (Å²) in [6.07, 6.45) is 0. The maximum absolute atomic E-state index is 13.2. The van der Waals surface area contributed by atoms with E-state index in [1.54, 1.807) is 12.1 Å². The van der Waals surface area contributed by atoms with Crippen LogP contribution in [0.2, 0.25) is 0 Å². The molecule has 0 atom stereocenters. The van der Waals surface area contributed by atoms with Gasteiger partial charge >= 0.3 is 0 Å². The molecule has 1 rings (SSSR count). The monoisotopic (exact) mass is 233 g/mol. The Kier molecular flexibility index (Phi) is 4.23. The first kappa shape index (κ1) is 11.3. The number of anilines is 1. The molecule has 0 amide bonds. The number of halogens is 3. The van der Waals surface area contributed by atoms with Crippen molar-refractivity contribution in [2.24, 2.45) is 0 Å². The average Bonchev–Trinajstić information content (AvgIpc) is 2.19. The minimum atomic E-state index is -0.297. The minimum Gasteiger partial charge on any atom is -0.378 e. The van der Waals surface area contributed by atoms with E-state index >= 15 is 0 Å². The number of nitrogens with one attached hydrogen (secondary N) is 1. The van der Waals surface area contributed by atoms with E-state index in [-0.39, 0.29) is 5.82 Å². The summed E-state index contributed by atoms with van der Waals surface area (Å²) < 4.78 is 13.2. The molecule has 14 heavy (non-hydrogen) atoms. The Bertz CT molecular complexity index is 350. The number of rotatable bonds is 3. The van der Waals surface area contributed by atoms with Crippen LogP contribution in [0.5, 0.6) is 0 Å². The Morgan fingerprint density at radius 1 is 1.57 bits per heavy atom. The normalized spacial score (nSPS) is 11.6. The van der Waals surface area contributed by atoms with Crippen LogP contribution in [-0.4, -0.2) is 6.54 Å². The Hall–Kier alpha value is -0.730. The zero-order valence-electron chi connectivity index (χ0n) is 7.65. The zero-order valence-corrected chi connectivity index (χ0v) is 9.16. The smallest absolute Gasteiger partial charge is 0.146 e. The molecule has 1 nitrogen and oxygen atoms in total. The molecule has 0 saturated carbocycles. The highest BCUT2D eigenvalue weighted by Crippen LogP contribution is 2.16. The quantitative estimate of drug-likeness (QED) is 0.837. The maximum Gasteiger partial charge on any atom is 0.146 e. The summed E-state index contributed by atoms with van der Waals surface area (Å²) in [5.74, 6) is -0.297. The third-order valence-electron chi connectivity index (χ3n) is 1.69. The van der Waals surface area contributed by atoms with Crippen molar-refractivity contribution in [3.05, 3.63) is 40.1 Å². The van der Waals surface area contributed by atoms with Gasteiger partial charge in [0.25, 0.3) is 0 Å². The SMILES string of the molecule is Cc1ccc(F)c(NCC(Cl)=CCl)c1. The van der Waals surface area contributed by atoms with Gasteiger partial charge in [-0.25, -0.2) is 4.39 Å². The van der Waals surface area contributed by atoms with Gasteiger partial charge in [-0.1, -0.05) is 29.3 Å². The molecule has 0 radical (unpaired) electrons. The number of aryl methyl sites for hydroxylation is 1. The molecule has 1 N–H and O–H groups in total. The maximum atomic E-state index is 13.2. The molecule has 0 unspecified atom stereocenters. The summed E-state index contributed by atoms with van der Waals surface area (Å²) >= 11 is 11.0. The lowest BCUT2D eigenvalue weighted by Crippen LogP contribution is -2.03. The van der Waals surface area contributed by atoms with Gasteiger partial charge in [-0.15, -0.1) is 0 Å². The molecule has 0 aliphatic carbocycles.